The van der Waals surface area contributed by atoms with E-state index >= 15 is 0 Å². The predicted molar refractivity (Wildman–Crippen MR) is 102 cm³/mol. The highest BCUT2D eigenvalue weighted by Crippen LogP contribution is 2.19. The Morgan fingerprint density at radius 3 is 2.85 bits per heavy atom. The Morgan fingerprint density at radius 2 is 2.12 bits per heavy atom. The normalized spacial score (nSPS) is 17.5. The third kappa shape index (κ3) is 6.02. The number of carbonyl (C=O) groups excluding carboxylic acids is 2. The molecule has 0 aromatic heterocycles. The van der Waals surface area contributed by atoms with Gasteiger partial charge in [0.15, 0.2) is 0 Å². The van der Waals surface area contributed by atoms with Crippen molar-refractivity contribution in [2.24, 2.45) is 5.92 Å². The number of nitrogens with one attached hydrogen (secondary N) is 1. The number of aryl methyl sites for hydroxylation is 1. The van der Waals surface area contributed by atoms with Crippen molar-refractivity contribution in [2.75, 3.05) is 47.4 Å². The van der Waals surface area contributed by atoms with Gasteiger partial charge in [-0.3, -0.25) is 9.59 Å². The predicted octanol–water partition coefficient (Wildman–Crippen LogP) is 1.54. The average Bonchev–Trinajstić information content (AvgIpc) is 2.64. The van der Waals surface area contributed by atoms with Gasteiger partial charge in [0.05, 0.1) is 13.0 Å². The molecular formula is C20H31N3O3. The van der Waals surface area contributed by atoms with E-state index in [9.17, 15) is 9.59 Å². The third-order valence-corrected chi connectivity index (χ3v) is 4.80. The smallest absolute Gasteiger partial charge is 0.224 e. The van der Waals surface area contributed by atoms with Crippen LogP contribution in [0.1, 0.15) is 24.8 Å². The molecule has 6 heteroatoms. The summed E-state index contributed by atoms with van der Waals surface area (Å²) < 4.78 is 5.35. The van der Waals surface area contributed by atoms with Crippen LogP contribution in [-0.2, 0) is 16.0 Å². The van der Waals surface area contributed by atoms with Crippen LogP contribution < -0.4 is 10.1 Å². The number of carbonyl (C=O) groups is 2. The number of para-hydroxylation sites is 1. The van der Waals surface area contributed by atoms with E-state index < -0.39 is 0 Å². The topological polar surface area (TPSA) is 61.9 Å². The molecule has 0 bridgehead atoms. The molecule has 26 heavy (non-hydrogen) atoms. The summed E-state index contributed by atoms with van der Waals surface area (Å²) in [7, 11) is 5.65. The standard InChI is InChI=1S/C20H31N3O3/c1-22(2)13-14-23-15-17(10-11-19(23)24)20(25)21-12-6-8-16-7-4-5-9-18(16)26-3/h4-5,7,9,17H,6,8,10-15H2,1-3H3,(H,21,25)/t17-/m1/s1. The lowest BCUT2D eigenvalue weighted by molar-refractivity contribution is -0.138. The Bertz CT molecular complexity index is 604. The zero-order valence-corrected chi connectivity index (χ0v) is 16.2. The van der Waals surface area contributed by atoms with Gasteiger partial charge in [0.2, 0.25) is 11.8 Å². The van der Waals surface area contributed by atoms with Gasteiger partial charge in [0, 0.05) is 32.6 Å². The molecule has 1 saturated heterocycles. The Balaban J connectivity index is 1.74. The van der Waals surface area contributed by atoms with Crippen molar-refractivity contribution in [3.63, 3.8) is 0 Å². The number of benzene rings is 1. The van der Waals surface area contributed by atoms with E-state index in [1.165, 1.54) is 0 Å². The number of likely N-dealkylation sites (tertiary alicyclic amines) is 1. The highest BCUT2D eigenvalue weighted by molar-refractivity contribution is 5.83. The summed E-state index contributed by atoms with van der Waals surface area (Å²) in [5.41, 5.74) is 1.15. The van der Waals surface area contributed by atoms with E-state index in [1.807, 2.05) is 37.2 Å². The van der Waals surface area contributed by atoms with Crippen molar-refractivity contribution in [3.8, 4) is 5.75 Å². The van der Waals surface area contributed by atoms with E-state index in [1.54, 1.807) is 7.11 Å². The van der Waals surface area contributed by atoms with Gasteiger partial charge in [-0.1, -0.05) is 18.2 Å². The summed E-state index contributed by atoms with van der Waals surface area (Å²) in [5.74, 6) is 1.02. The lowest BCUT2D eigenvalue weighted by Gasteiger charge is -2.32. The van der Waals surface area contributed by atoms with E-state index in [2.05, 4.69) is 16.3 Å². The molecule has 1 heterocycles. The van der Waals surface area contributed by atoms with Crippen LogP contribution in [0.5, 0.6) is 5.75 Å². The number of methoxy groups -OCH3 is 1. The number of hydrogen-bond donors (Lipinski definition) is 1. The minimum Gasteiger partial charge on any atom is -0.496 e. The van der Waals surface area contributed by atoms with Crippen molar-refractivity contribution < 1.29 is 14.3 Å². The minimum atomic E-state index is -0.0962. The van der Waals surface area contributed by atoms with Gasteiger partial charge in [-0.15, -0.1) is 0 Å². The molecule has 144 valence electrons. The van der Waals surface area contributed by atoms with Crippen molar-refractivity contribution >= 4 is 11.8 Å². The summed E-state index contributed by atoms with van der Waals surface area (Å²) in [6, 6.07) is 7.96. The zero-order valence-electron chi connectivity index (χ0n) is 16.2. The Labute approximate surface area is 156 Å². The van der Waals surface area contributed by atoms with Gasteiger partial charge in [-0.25, -0.2) is 0 Å². The Hall–Kier alpha value is -2.08. The van der Waals surface area contributed by atoms with Crippen LogP contribution in [0.25, 0.3) is 0 Å². The summed E-state index contributed by atoms with van der Waals surface area (Å²) in [4.78, 5) is 28.3. The Kier molecular flexibility index (Phi) is 7.91. The number of nitrogens with zero attached hydrogens (tertiary/aromatic N) is 2. The molecule has 1 aromatic carbocycles. The number of amides is 2. The molecule has 2 rings (SSSR count). The quantitative estimate of drug-likeness (QED) is 0.678. The van der Waals surface area contributed by atoms with Gasteiger partial charge in [0.1, 0.15) is 5.75 Å². The number of rotatable bonds is 9. The largest absolute Gasteiger partial charge is 0.496 e. The second-order valence-corrected chi connectivity index (χ2v) is 7.09. The summed E-state index contributed by atoms with van der Waals surface area (Å²) >= 11 is 0. The highest BCUT2D eigenvalue weighted by atomic mass is 16.5. The molecule has 2 amide bonds. The van der Waals surface area contributed by atoms with Crippen LogP contribution in [0, 0.1) is 5.92 Å². The van der Waals surface area contributed by atoms with E-state index in [0.29, 0.717) is 32.5 Å². The maximum Gasteiger partial charge on any atom is 0.224 e. The highest BCUT2D eigenvalue weighted by Gasteiger charge is 2.29. The molecular weight excluding hydrogens is 330 g/mol. The maximum absolute atomic E-state index is 12.4. The first-order valence-electron chi connectivity index (χ1n) is 9.33. The molecule has 1 fully saturated rings. The van der Waals surface area contributed by atoms with Gasteiger partial charge < -0.3 is 19.9 Å². The average molecular weight is 361 g/mol. The van der Waals surface area contributed by atoms with Crippen LogP contribution in [0.3, 0.4) is 0 Å². The minimum absolute atomic E-state index is 0.0624. The van der Waals surface area contributed by atoms with E-state index in [0.717, 1.165) is 30.7 Å². The summed E-state index contributed by atoms with van der Waals surface area (Å²) in [6.45, 7) is 2.67. The van der Waals surface area contributed by atoms with E-state index in [-0.39, 0.29) is 17.7 Å². The number of piperidine rings is 1. The molecule has 1 N–H and O–H groups in total. The van der Waals surface area contributed by atoms with Crippen LogP contribution in [-0.4, -0.2) is 69.0 Å². The molecule has 1 atom stereocenters. The van der Waals surface area contributed by atoms with Gasteiger partial charge >= 0.3 is 0 Å². The van der Waals surface area contributed by atoms with Crippen LogP contribution in [0.4, 0.5) is 0 Å². The first-order valence-corrected chi connectivity index (χ1v) is 9.33. The van der Waals surface area contributed by atoms with Crippen molar-refractivity contribution in [2.45, 2.75) is 25.7 Å². The molecule has 0 saturated carbocycles. The molecule has 0 unspecified atom stereocenters. The monoisotopic (exact) mass is 361 g/mol. The molecule has 0 radical (unpaired) electrons. The van der Waals surface area contributed by atoms with Crippen molar-refractivity contribution in [1.29, 1.82) is 0 Å². The third-order valence-electron chi connectivity index (χ3n) is 4.80. The van der Waals surface area contributed by atoms with Gasteiger partial charge in [-0.05, 0) is 45.0 Å². The number of hydrogen-bond acceptors (Lipinski definition) is 4. The fraction of sp³-hybridized carbons (Fsp3) is 0.600. The molecule has 0 aliphatic carbocycles. The van der Waals surface area contributed by atoms with Gasteiger partial charge in [-0.2, -0.15) is 0 Å². The first kappa shape index (κ1) is 20.2. The van der Waals surface area contributed by atoms with Crippen LogP contribution in [0.15, 0.2) is 24.3 Å². The number of ether oxygens (including phenoxy) is 1. The molecule has 1 aliphatic heterocycles. The number of likely N-dealkylation sites (N-methyl/N-ethyl adjacent to an activating group) is 1. The molecule has 1 aliphatic rings. The summed E-state index contributed by atoms with van der Waals surface area (Å²) in [6.07, 6.45) is 2.84. The van der Waals surface area contributed by atoms with E-state index in [4.69, 9.17) is 4.74 Å². The van der Waals surface area contributed by atoms with Crippen LogP contribution in [0.2, 0.25) is 0 Å². The second-order valence-electron chi connectivity index (χ2n) is 7.09. The fourth-order valence-corrected chi connectivity index (χ4v) is 3.21. The summed E-state index contributed by atoms with van der Waals surface area (Å²) in [5, 5.41) is 3.03. The fourth-order valence-electron chi connectivity index (χ4n) is 3.21. The van der Waals surface area contributed by atoms with Gasteiger partial charge in [0.25, 0.3) is 0 Å². The maximum atomic E-state index is 12.4. The lowest BCUT2D eigenvalue weighted by atomic mass is 9.96. The zero-order chi connectivity index (χ0) is 18.9. The Morgan fingerprint density at radius 1 is 1.35 bits per heavy atom. The molecule has 0 spiro atoms. The SMILES string of the molecule is COc1ccccc1CCCNC(=O)[C@@H]1CCC(=O)N(CCN(C)C)C1. The van der Waals surface area contributed by atoms with Crippen molar-refractivity contribution in [1.82, 2.24) is 15.1 Å². The molecule has 1 aromatic rings. The second kappa shape index (κ2) is 10.2. The van der Waals surface area contributed by atoms with Crippen LogP contribution >= 0.6 is 0 Å². The first-order chi connectivity index (χ1) is 12.5. The lowest BCUT2D eigenvalue weighted by Crippen LogP contribution is -2.47. The van der Waals surface area contributed by atoms with Crippen molar-refractivity contribution in [3.05, 3.63) is 29.8 Å². The molecule has 6 nitrogen and oxygen atoms in total.